The Morgan fingerprint density at radius 3 is 3.00 bits per heavy atom. The second-order valence-electron chi connectivity index (χ2n) is 3.34. The van der Waals surface area contributed by atoms with Crippen molar-refractivity contribution in [2.75, 3.05) is 0 Å². The zero-order valence-corrected chi connectivity index (χ0v) is 10.6. The summed E-state index contributed by atoms with van der Waals surface area (Å²) in [5.74, 6) is 0.895. The van der Waals surface area contributed by atoms with Crippen molar-refractivity contribution in [1.82, 2.24) is 9.55 Å². The fourth-order valence-electron chi connectivity index (χ4n) is 1.37. The SMILES string of the molecule is Cn1ccnc1CC(O)c1cc(Br)cs1. The van der Waals surface area contributed by atoms with Crippen molar-refractivity contribution in [3.8, 4) is 0 Å². The van der Waals surface area contributed by atoms with Crippen LogP contribution in [0.2, 0.25) is 0 Å². The highest BCUT2D eigenvalue weighted by Crippen LogP contribution is 2.27. The van der Waals surface area contributed by atoms with Gasteiger partial charge >= 0.3 is 0 Å². The molecule has 2 heterocycles. The van der Waals surface area contributed by atoms with Crippen LogP contribution in [0.5, 0.6) is 0 Å². The molecule has 0 radical (unpaired) electrons. The Morgan fingerprint density at radius 1 is 1.67 bits per heavy atom. The number of aromatic nitrogens is 2. The molecule has 1 atom stereocenters. The second kappa shape index (κ2) is 4.47. The van der Waals surface area contributed by atoms with Crippen molar-refractivity contribution in [2.24, 2.45) is 7.05 Å². The first-order valence-corrected chi connectivity index (χ1v) is 6.22. The molecular formula is C10H11BrN2OS. The molecule has 3 nitrogen and oxygen atoms in total. The molecule has 1 N–H and O–H groups in total. The molecule has 0 aromatic carbocycles. The molecular weight excluding hydrogens is 276 g/mol. The number of hydrogen-bond acceptors (Lipinski definition) is 3. The number of aliphatic hydroxyl groups is 1. The summed E-state index contributed by atoms with van der Waals surface area (Å²) in [5, 5.41) is 11.9. The summed E-state index contributed by atoms with van der Waals surface area (Å²) in [6, 6.07) is 1.94. The zero-order chi connectivity index (χ0) is 10.8. The molecule has 0 saturated heterocycles. The molecule has 0 aliphatic rings. The number of aliphatic hydroxyl groups excluding tert-OH is 1. The van der Waals surface area contributed by atoms with E-state index < -0.39 is 6.10 Å². The molecule has 1 unspecified atom stereocenters. The lowest BCUT2D eigenvalue weighted by molar-refractivity contribution is 0.178. The minimum absolute atomic E-state index is 0.470. The summed E-state index contributed by atoms with van der Waals surface area (Å²) in [6.07, 6.45) is 3.71. The topological polar surface area (TPSA) is 38.0 Å². The number of rotatable bonds is 3. The number of hydrogen-bond donors (Lipinski definition) is 1. The van der Waals surface area contributed by atoms with Gasteiger partial charge in [-0.25, -0.2) is 4.98 Å². The van der Waals surface area contributed by atoms with E-state index in [1.165, 1.54) is 0 Å². The maximum absolute atomic E-state index is 9.97. The maximum atomic E-state index is 9.97. The van der Waals surface area contributed by atoms with Crippen LogP contribution in [0.25, 0.3) is 0 Å². The van der Waals surface area contributed by atoms with Gasteiger partial charge in [-0.2, -0.15) is 0 Å². The predicted octanol–water partition coefficient (Wildman–Crippen LogP) is 2.52. The summed E-state index contributed by atoms with van der Waals surface area (Å²) in [5.41, 5.74) is 0. The van der Waals surface area contributed by atoms with E-state index in [2.05, 4.69) is 20.9 Å². The molecule has 2 rings (SSSR count). The summed E-state index contributed by atoms with van der Waals surface area (Å²) in [4.78, 5) is 5.15. The maximum Gasteiger partial charge on any atom is 0.111 e. The van der Waals surface area contributed by atoms with E-state index in [0.717, 1.165) is 15.2 Å². The molecule has 0 spiro atoms. The van der Waals surface area contributed by atoms with E-state index in [1.54, 1.807) is 17.5 Å². The normalized spacial score (nSPS) is 13.0. The van der Waals surface area contributed by atoms with Gasteiger partial charge in [0.15, 0.2) is 0 Å². The van der Waals surface area contributed by atoms with E-state index >= 15 is 0 Å². The number of aryl methyl sites for hydroxylation is 1. The van der Waals surface area contributed by atoms with Gasteiger partial charge in [-0.3, -0.25) is 0 Å². The van der Waals surface area contributed by atoms with E-state index in [-0.39, 0.29) is 0 Å². The standard InChI is InChI=1S/C10H11BrN2OS/c1-13-3-2-12-10(13)5-8(14)9-4-7(11)6-15-9/h2-4,6,8,14H,5H2,1H3. The van der Waals surface area contributed by atoms with Crippen molar-refractivity contribution in [3.63, 3.8) is 0 Å². The van der Waals surface area contributed by atoms with Crippen LogP contribution in [0, 0.1) is 0 Å². The molecule has 0 bridgehead atoms. The lowest BCUT2D eigenvalue weighted by atomic mass is 10.2. The summed E-state index contributed by atoms with van der Waals surface area (Å²) < 4.78 is 2.94. The first kappa shape index (κ1) is 10.9. The van der Waals surface area contributed by atoms with Crippen LogP contribution in [0.1, 0.15) is 16.8 Å². The molecule has 0 fully saturated rings. The fraction of sp³-hybridized carbons (Fsp3) is 0.300. The highest BCUT2D eigenvalue weighted by atomic mass is 79.9. The number of nitrogens with zero attached hydrogens (tertiary/aromatic N) is 2. The zero-order valence-electron chi connectivity index (χ0n) is 8.22. The van der Waals surface area contributed by atoms with Gasteiger partial charge in [0.25, 0.3) is 0 Å². The Labute approximate surface area is 101 Å². The Hall–Kier alpha value is -0.650. The van der Waals surface area contributed by atoms with Gasteiger partial charge in [0.05, 0.1) is 6.10 Å². The van der Waals surface area contributed by atoms with Gasteiger partial charge in [-0.15, -0.1) is 11.3 Å². The van der Waals surface area contributed by atoms with Crippen molar-refractivity contribution >= 4 is 27.3 Å². The molecule has 0 aliphatic heterocycles. The second-order valence-corrected chi connectivity index (χ2v) is 5.20. The molecule has 2 aromatic heterocycles. The summed E-state index contributed by atoms with van der Waals surface area (Å²) >= 11 is 4.92. The van der Waals surface area contributed by atoms with Gasteiger partial charge in [-0.1, -0.05) is 0 Å². The van der Waals surface area contributed by atoms with Gasteiger partial charge in [-0.05, 0) is 22.0 Å². The van der Waals surface area contributed by atoms with Gasteiger partial charge in [0, 0.05) is 40.6 Å². The molecule has 0 amide bonds. The smallest absolute Gasteiger partial charge is 0.111 e. The minimum atomic E-state index is -0.470. The lowest BCUT2D eigenvalue weighted by Gasteiger charge is -2.07. The van der Waals surface area contributed by atoms with Crippen LogP contribution in [0.3, 0.4) is 0 Å². The Bertz CT molecular complexity index is 452. The van der Waals surface area contributed by atoms with Crippen molar-refractivity contribution in [1.29, 1.82) is 0 Å². The van der Waals surface area contributed by atoms with Crippen LogP contribution in [-0.2, 0) is 13.5 Å². The van der Waals surface area contributed by atoms with Gasteiger partial charge < -0.3 is 9.67 Å². The van der Waals surface area contributed by atoms with E-state index in [1.807, 2.05) is 29.3 Å². The predicted molar refractivity (Wildman–Crippen MR) is 63.9 cm³/mol. The summed E-state index contributed by atoms with van der Waals surface area (Å²) in [6.45, 7) is 0. The lowest BCUT2D eigenvalue weighted by Crippen LogP contribution is -2.05. The van der Waals surface area contributed by atoms with Crippen LogP contribution in [-0.4, -0.2) is 14.7 Å². The Balaban J connectivity index is 2.10. The van der Waals surface area contributed by atoms with E-state index in [4.69, 9.17) is 0 Å². The average molecular weight is 287 g/mol. The molecule has 0 saturated carbocycles. The van der Waals surface area contributed by atoms with Crippen molar-refractivity contribution in [2.45, 2.75) is 12.5 Å². The number of imidazole rings is 1. The first-order chi connectivity index (χ1) is 7.16. The summed E-state index contributed by atoms with van der Waals surface area (Å²) in [7, 11) is 1.93. The number of thiophene rings is 1. The molecule has 15 heavy (non-hydrogen) atoms. The van der Waals surface area contributed by atoms with Crippen LogP contribution in [0.15, 0.2) is 28.3 Å². The quantitative estimate of drug-likeness (QED) is 0.942. The number of halogens is 1. The Morgan fingerprint density at radius 2 is 2.47 bits per heavy atom. The third kappa shape index (κ3) is 2.48. The molecule has 80 valence electrons. The average Bonchev–Trinajstić information content (AvgIpc) is 2.77. The molecule has 5 heteroatoms. The highest BCUT2D eigenvalue weighted by molar-refractivity contribution is 9.10. The van der Waals surface area contributed by atoms with Gasteiger partial charge in [0.1, 0.15) is 5.82 Å². The highest BCUT2D eigenvalue weighted by Gasteiger charge is 2.13. The first-order valence-electron chi connectivity index (χ1n) is 4.55. The van der Waals surface area contributed by atoms with Gasteiger partial charge in [0.2, 0.25) is 0 Å². The van der Waals surface area contributed by atoms with Crippen LogP contribution < -0.4 is 0 Å². The van der Waals surface area contributed by atoms with Crippen LogP contribution >= 0.6 is 27.3 Å². The molecule has 0 aliphatic carbocycles. The largest absolute Gasteiger partial charge is 0.387 e. The minimum Gasteiger partial charge on any atom is -0.387 e. The monoisotopic (exact) mass is 286 g/mol. The van der Waals surface area contributed by atoms with E-state index in [9.17, 15) is 5.11 Å². The molecule has 2 aromatic rings. The third-order valence-corrected chi connectivity index (χ3v) is 4.01. The third-order valence-electron chi connectivity index (χ3n) is 2.21. The Kier molecular flexibility index (Phi) is 3.23. The van der Waals surface area contributed by atoms with Crippen LogP contribution in [0.4, 0.5) is 0 Å². The van der Waals surface area contributed by atoms with Crippen molar-refractivity contribution < 1.29 is 5.11 Å². The van der Waals surface area contributed by atoms with E-state index in [0.29, 0.717) is 6.42 Å². The van der Waals surface area contributed by atoms with Crippen molar-refractivity contribution in [3.05, 3.63) is 39.0 Å². The fourth-order valence-corrected chi connectivity index (χ4v) is 2.80.